The summed E-state index contributed by atoms with van der Waals surface area (Å²) in [6, 6.07) is 13.1. The van der Waals surface area contributed by atoms with Crippen LogP contribution in [0.1, 0.15) is 24.9 Å². The number of aliphatic imine (C=N–C) groups is 1. The average molecular weight is 502 g/mol. The van der Waals surface area contributed by atoms with E-state index >= 15 is 0 Å². The Morgan fingerprint density at radius 1 is 0.963 bits per heavy atom. The fraction of sp³-hybridized carbons (Fsp3) is 0.0556. The van der Waals surface area contributed by atoms with Crippen molar-refractivity contribution in [3.63, 3.8) is 0 Å². The molecular formula is C18H12Cl2N2O2S2Se. The molecule has 0 aliphatic rings. The zero-order valence-corrected chi connectivity index (χ0v) is 18.5. The molecule has 1 N–H and O–H groups in total. The molecule has 0 aliphatic heterocycles. The van der Waals surface area contributed by atoms with Crippen molar-refractivity contribution in [3.05, 3.63) is 78.6 Å². The molecule has 2 amide bonds. The summed E-state index contributed by atoms with van der Waals surface area (Å²) in [5, 5.41) is 7.63. The molecule has 0 radical (unpaired) electrons. The number of nitrogens with zero attached hydrogens (tertiary/aromatic N) is 1. The van der Waals surface area contributed by atoms with Crippen LogP contribution in [0.2, 0.25) is 10.0 Å². The van der Waals surface area contributed by atoms with Gasteiger partial charge in [0.2, 0.25) is 0 Å². The first-order valence-electron chi connectivity index (χ1n) is 7.61. The van der Waals surface area contributed by atoms with Gasteiger partial charge in [0.15, 0.2) is 0 Å². The SMILES string of the molecule is O=C(N=C(NC(=O)c1sccc1Cl)[Se]Cc1ccccc1)c1sccc1Cl. The summed E-state index contributed by atoms with van der Waals surface area (Å²) in [6.45, 7) is 0. The Morgan fingerprint density at radius 3 is 2.19 bits per heavy atom. The molecule has 9 heteroatoms. The first-order valence-corrected chi connectivity index (χ1v) is 12.2. The van der Waals surface area contributed by atoms with Gasteiger partial charge in [-0.1, -0.05) is 0 Å². The molecule has 4 nitrogen and oxygen atoms in total. The quantitative estimate of drug-likeness (QED) is 0.305. The van der Waals surface area contributed by atoms with Gasteiger partial charge in [0, 0.05) is 0 Å². The van der Waals surface area contributed by atoms with E-state index < -0.39 is 5.91 Å². The maximum absolute atomic E-state index is 12.5. The summed E-state index contributed by atoms with van der Waals surface area (Å²) in [5.74, 6) is -0.828. The first kappa shape index (κ1) is 20.3. The second-order valence-electron chi connectivity index (χ2n) is 5.15. The van der Waals surface area contributed by atoms with Gasteiger partial charge in [-0.2, -0.15) is 0 Å². The summed E-state index contributed by atoms with van der Waals surface area (Å²) in [4.78, 5) is 29.8. The van der Waals surface area contributed by atoms with Crippen molar-refractivity contribution < 1.29 is 9.59 Å². The van der Waals surface area contributed by atoms with Crippen LogP contribution in [-0.4, -0.2) is 31.5 Å². The number of hydrogen-bond donors (Lipinski definition) is 1. The molecule has 2 aromatic heterocycles. The molecule has 1 aromatic carbocycles. The second kappa shape index (κ2) is 9.64. The van der Waals surface area contributed by atoms with Crippen molar-refractivity contribution in [2.75, 3.05) is 0 Å². The zero-order valence-electron chi connectivity index (χ0n) is 13.6. The molecule has 0 bridgehead atoms. The predicted octanol–water partition coefficient (Wildman–Crippen LogP) is 4.95. The maximum atomic E-state index is 12.5. The third kappa shape index (κ3) is 5.51. The number of carbonyl (C=O) groups is 2. The van der Waals surface area contributed by atoms with E-state index in [2.05, 4.69) is 10.3 Å². The van der Waals surface area contributed by atoms with Gasteiger partial charge in [0.25, 0.3) is 0 Å². The topological polar surface area (TPSA) is 58.5 Å². The second-order valence-corrected chi connectivity index (χ2v) is 9.82. The molecular weight excluding hydrogens is 490 g/mol. The average Bonchev–Trinajstić information content (AvgIpc) is 3.28. The van der Waals surface area contributed by atoms with Gasteiger partial charge in [-0.15, -0.1) is 0 Å². The van der Waals surface area contributed by atoms with E-state index in [4.69, 9.17) is 23.2 Å². The Morgan fingerprint density at radius 2 is 1.59 bits per heavy atom. The summed E-state index contributed by atoms with van der Waals surface area (Å²) < 4.78 is 0.343. The Bertz CT molecular complexity index is 986. The summed E-state index contributed by atoms with van der Waals surface area (Å²) in [7, 11) is 0. The van der Waals surface area contributed by atoms with Crippen LogP contribution < -0.4 is 5.32 Å². The number of carbonyl (C=O) groups excluding carboxylic acids is 2. The van der Waals surface area contributed by atoms with Crippen LogP contribution in [0.25, 0.3) is 0 Å². The van der Waals surface area contributed by atoms with Crippen LogP contribution in [-0.2, 0) is 5.32 Å². The van der Waals surface area contributed by atoms with Crippen molar-refractivity contribution in [2.24, 2.45) is 4.99 Å². The minimum atomic E-state index is -0.461. The number of hydrogen-bond acceptors (Lipinski definition) is 4. The van der Waals surface area contributed by atoms with Crippen LogP contribution in [0.15, 0.2) is 58.2 Å². The van der Waals surface area contributed by atoms with E-state index in [0.29, 0.717) is 29.9 Å². The fourth-order valence-corrected chi connectivity index (χ4v) is 5.77. The Hall–Kier alpha value is -1.47. The summed E-state index contributed by atoms with van der Waals surface area (Å²) in [6.07, 6.45) is 0. The number of thiophene rings is 2. The van der Waals surface area contributed by atoms with Gasteiger partial charge < -0.3 is 0 Å². The molecule has 0 atom stereocenters. The van der Waals surface area contributed by atoms with E-state index in [1.807, 2.05) is 30.3 Å². The fourth-order valence-electron chi connectivity index (χ4n) is 2.02. The number of halogens is 2. The molecule has 0 saturated carbocycles. The van der Waals surface area contributed by atoms with Crippen molar-refractivity contribution in [3.8, 4) is 0 Å². The number of rotatable bonds is 5. The van der Waals surface area contributed by atoms with Crippen molar-refractivity contribution in [1.29, 1.82) is 0 Å². The number of amides is 2. The van der Waals surface area contributed by atoms with E-state index in [9.17, 15) is 9.59 Å². The Kier molecular flexibility index (Phi) is 7.24. The molecule has 0 saturated heterocycles. The van der Waals surface area contributed by atoms with Crippen molar-refractivity contribution >= 4 is 77.4 Å². The number of nitrogens with one attached hydrogen (secondary N) is 1. The van der Waals surface area contributed by atoms with Gasteiger partial charge in [-0.3, -0.25) is 0 Å². The minimum absolute atomic E-state index is 0.250. The molecule has 0 fully saturated rings. The zero-order chi connectivity index (χ0) is 19.2. The predicted molar refractivity (Wildman–Crippen MR) is 114 cm³/mol. The third-order valence-electron chi connectivity index (χ3n) is 3.28. The van der Waals surface area contributed by atoms with Crippen molar-refractivity contribution in [2.45, 2.75) is 5.32 Å². The van der Waals surface area contributed by atoms with E-state index in [1.165, 1.54) is 22.7 Å². The normalized spacial score (nSPS) is 11.4. The molecule has 27 heavy (non-hydrogen) atoms. The molecule has 3 rings (SSSR count). The van der Waals surface area contributed by atoms with Gasteiger partial charge in [-0.05, 0) is 0 Å². The van der Waals surface area contributed by atoms with E-state index in [1.54, 1.807) is 22.9 Å². The van der Waals surface area contributed by atoms with Crippen molar-refractivity contribution in [1.82, 2.24) is 5.32 Å². The Balaban J connectivity index is 1.80. The van der Waals surface area contributed by atoms with Gasteiger partial charge >= 0.3 is 181 Å². The molecule has 2 heterocycles. The molecule has 0 spiro atoms. The summed E-state index contributed by atoms with van der Waals surface area (Å²) >= 11 is 14.3. The van der Waals surface area contributed by atoms with E-state index in [0.717, 1.165) is 5.56 Å². The van der Waals surface area contributed by atoms with Crippen LogP contribution >= 0.6 is 45.9 Å². The van der Waals surface area contributed by atoms with Crippen LogP contribution in [0, 0.1) is 0 Å². The van der Waals surface area contributed by atoms with Gasteiger partial charge in [0.05, 0.1) is 0 Å². The number of benzene rings is 1. The molecule has 0 aliphatic carbocycles. The number of amidine groups is 1. The van der Waals surface area contributed by atoms with Gasteiger partial charge in [0.1, 0.15) is 0 Å². The first-order chi connectivity index (χ1) is 13.0. The third-order valence-corrected chi connectivity index (χ3v) is 7.93. The molecule has 138 valence electrons. The van der Waals surface area contributed by atoms with Crippen LogP contribution in [0.4, 0.5) is 0 Å². The molecule has 0 unspecified atom stereocenters. The van der Waals surface area contributed by atoms with Crippen LogP contribution in [0.3, 0.4) is 0 Å². The van der Waals surface area contributed by atoms with E-state index in [-0.39, 0.29) is 20.9 Å². The molecule has 3 aromatic rings. The monoisotopic (exact) mass is 502 g/mol. The Labute approximate surface area is 180 Å². The van der Waals surface area contributed by atoms with Gasteiger partial charge in [-0.25, -0.2) is 0 Å². The standard InChI is InChI=1S/C18H12Cl2N2O2S2Se/c19-12-6-8-25-14(12)16(23)21-18(27-10-11-4-2-1-3-5-11)22-17(24)15-13(20)7-9-26-15/h1-9H,10H2,(H,21,22,23,24). The summed E-state index contributed by atoms with van der Waals surface area (Å²) in [5.41, 5.74) is 1.11. The van der Waals surface area contributed by atoms with Crippen LogP contribution in [0.5, 0.6) is 0 Å².